The van der Waals surface area contributed by atoms with E-state index in [1.807, 2.05) is 38.1 Å². The molecule has 96 valence electrons. The lowest BCUT2D eigenvalue weighted by atomic mass is 9.77. The standard InChI is InChI=1S/C12H16BNO4/c1-12(2)7-17-13(18-12)8-4-10-11(14(3)5-8)9(15)6-16-10/h4-5,11H,6-7H2,1-3H3. The van der Waals surface area contributed by atoms with Crippen LogP contribution in [0.4, 0.5) is 0 Å². The molecule has 3 aliphatic heterocycles. The van der Waals surface area contributed by atoms with Crippen molar-refractivity contribution in [3.05, 3.63) is 23.5 Å². The molecule has 18 heavy (non-hydrogen) atoms. The van der Waals surface area contributed by atoms with E-state index >= 15 is 0 Å². The molecule has 3 rings (SSSR count). The first-order valence-corrected chi connectivity index (χ1v) is 6.06. The topological polar surface area (TPSA) is 48.0 Å². The molecule has 0 radical (unpaired) electrons. The van der Waals surface area contributed by atoms with Gasteiger partial charge in [0.1, 0.15) is 18.4 Å². The van der Waals surface area contributed by atoms with E-state index in [-0.39, 0.29) is 31.2 Å². The van der Waals surface area contributed by atoms with Crippen molar-refractivity contribution in [2.24, 2.45) is 0 Å². The van der Waals surface area contributed by atoms with Crippen LogP contribution in [0.25, 0.3) is 0 Å². The third kappa shape index (κ3) is 1.85. The van der Waals surface area contributed by atoms with Gasteiger partial charge in [-0.25, -0.2) is 0 Å². The summed E-state index contributed by atoms with van der Waals surface area (Å²) in [6, 6.07) is -0.275. The molecule has 0 aromatic heterocycles. The molecule has 0 N–H and O–H groups in total. The lowest BCUT2D eigenvalue weighted by Crippen LogP contribution is -2.37. The number of Topliss-reactive ketones (excluding diaryl/α,β-unsaturated/α-hetero) is 1. The number of carbonyl (C=O) groups excluding carboxylic acids is 1. The molecule has 2 fully saturated rings. The molecule has 0 spiro atoms. The van der Waals surface area contributed by atoms with Crippen LogP contribution in [-0.4, -0.2) is 49.7 Å². The lowest BCUT2D eigenvalue weighted by molar-refractivity contribution is -0.120. The quantitative estimate of drug-likeness (QED) is 0.634. The highest BCUT2D eigenvalue weighted by Gasteiger charge is 2.43. The van der Waals surface area contributed by atoms with Gasteiger partial charge in [0, 0.05) is 12.5 Å². The predicted molar refractivity (Wildman–Crippen MR) is 65.5 cm³/mol. The van der Waals surface area contributed by atoms with Crippen molar-refractivity contribution in [2.75, 3.05) is 20.3 Å². The largest absolute Gasteiger partial charge is 0.496 e. The third-order valence-corrected chi connectivity index (χ3v) is 3.31. The Hall–Kier alpha value is -1.27. The molecular weight excluding hydrogens is 233 g/mol. The van der Waals surface area contributed by atoms with Gasteiger partial charge in [-0.3, -0.25) is 4.79 Å². The molecule has 3 aliphatic rings. The second kappa shape index (κ2) is 3.86. The van der Waals surface area contributed by atoms with Gasteiger partial charge < -0.3 is 18.9 Å². The van der Waals surface area contributed by atoms with E-state index in [4.69, 9.17) is 14.0 Å². The number of hydrogen-bond donors (Lipinski definition) is 0. The fourth-order valence-corrected chi connectivity index (χ4v) is 2.46. The molecule has 3 heterocycles. The van der Waals surface area contributed by atoms with Crippen LogP contribution >= 0.6 is 0 Å². The minimum Gasteiger partial charge on any atom is -0.487 e. The molecule has 0 aliphatic carbocycles. The number of likely N-dealkylation sites (N-methyl/N-ethyl adjacent to an activating group) is 1. The minimum atomic E-state index is -0.379. The van der Waals surface area contributed by atoms with Gasteiger partial charge in [-0.05, 0) is 26.1 Å². The summed E-state index contributed by atoms with van der Waals surface area (Å²) in [7, 11) is 1.49. The highest BCUT2D eigenvalue weighted by atomic mass is 16.7. The van der Waals surface area contributed by atoms with Gasteiger partial charge in [-0.15, -0.1) is 0 Å². The Morgan fingerprint density at radius 3 is 2.94 bits per heavy atom. The van der Waals surface area contributed by atoms with Crippen molar-refractivity contribution in [3.8, 4) is 0 Å². The second-order valence-electron chi connectivity index (χ2n) is 5.52. The zero-order valence-electron chi connectivity index (χ0n) is 10.8. The van der Waals surface area contributed by atoms with E-state index in [0.717, 1.165) is 5.47 Å². The van der Waals surface area contributed by atoms with E-state index in [0.29, 0.717) is 12.4 Å². The lowest BCUT2D eigenvalue weighted by Gasteiger charge is -2.26. The number of carbonyl (C=O) groups is 1. The second-order valence-corrected chi connectivity index (χ2v) is 5.52. The molecule has 1 atom stereocenters. The predicted octanol–water partition coefficient (Wildman–Crippen LogP) is 0.520. The van der Waals surface area contributed by atoms with Crippen LogP contribution in [-0.2, 0) is 18.8 Å². The summed E-state index contributed by atoms with van der Waals surface area (Å²) in [6.07, 6.45) is 3.76. The molecule has 0 aromatic carbocycles. The Morgan fingerprint density at radius 2 is 2.28 bits per heavy atom. The summed E-state index contributed by atoms with van der Waals surface area (Å²) < 4.78 is 16.8. The van der Waals surface area contributed by atoms with Crippen molar-refractivity contribution in [1.29, 1.82) is 0 Å². The molecule has 0 amide bonds. The van der Waals surface area contributed by atoms with Crippen LogP contribution in [0.1, 0.15) is 13.8 Å². The van der Waals surface area contributed by atoms with Crippen LogP contribution in [0.2, 0.25) is 0 Å². The van der Waals surface area contributed by atoms with Gasteiger partial charge in [0.05, 0.1) is 12.2 Å². The average molecular weight is 249 g/mol. The number of rotatable bonds is 1. The van der Waals surface area contributed by atoms with Crippen LogP contribution in [0.15, 0.2) is 23.5 Å². The van der Waals surface area contributed by atoms with Crippen molar-refractivity contribution >= 4 is 12.9 Å². The maximum absolute atomic E-state index is 11.7. The van der Waals surface area contributed by atoms with Crippen molar-refractivity contribution in [1.82, 2.24) is 4.90 Å². The molecular formula is C12H16BNO4. The number of fused-ring (bicyclic) bond motifs is 1. The van der Waals surface area contributed by atoms with Gasteiger partial charge in [0.15, 0.2) is 5.78 Å². The van der Waals surface area contributed by atoms with Crippen LogP contribution in [0.5, 0.6) is 0 Å². The van der Waals surface area contributed by atoms with Crippen LogP contribution in [0, 0.1) is 0 Å². The summed E-state index contributed by atoms with van der Waals surface area (Å²) in [5.74, 6) is 0.782. The normalized spacial score (nSPS) is 29.9. The van der Waals surface area contributed by atoms with E-state index in [2.05, 4.69) is 0 Å². The Morgan fingerprint density at radius 1 is 1.50 bits per heavy atom. The molecule has 0 aromatic rings. The van der Waals surface area contributed by atoms with E-state index in [9.17, 15) is 4.79 Å². The van der Waals surface area contributed by atoms with Gasteiger partial charge in [-0.2, -0.15) is 0 Å². The zero-order chi connectivity index (χ0) is 12.9. The molecule has 0 bridgehead atoms. The molecule has 0 saturated carbocycles. The Labute approximate surface area is 107 Å². The summed E-state index contributed by atoms with van der Waals surface area (Å²) in [4.78, 5) is 13.5. The number of nitrogens with zero attached hydrogens (tertiary/aromatic N) is 1. The molecule has 2 saturated heterocycles. The summed E-state index contributed by atoms with van der Waals surface area (Å²) in [5.41, 5.74) is 0.621. The third-order valence-electron chi connectivity index (χ3n) is 3.31. The van der Waals surface area contributed by atoms with E-state index in [1.54, 1.807) is 0 Å². The molecule has 5 nitrogen and oxygen atoms in total. The average Bonchev–Trinajstić information content (AvgIpc) is 2.82. The Bertz CT molecular complexity index is 457. The first-order chi connectivity index (χ1) is 8.46. The smallest absolute Gasteiger partial charge is 0.487 e. The van der Waals surface area contributed by atoms with Crippen LogP contribution in [0.3, 0.4) is 0 Å². The van der Waals surface area contributed by atoms with Crippen LogP contribution < -0.4 is 0 Å². The Kier molecular flexibility index (Phi) is 2.53. The van der Waals surface area contributed by atoms with E-state index in [1.165, 1.54) is 0 Å². The molecule has 1 unspecified atom stereocenters. The summed E-state index contributed by atoms with van der Waals surface area (Å²) in [5, 5.41) is 0. The minimum absolute atomic E-state index is 0.0904. The first-order valence-electron chi connectivity index (χ1n) is 6.06. The first kappa shape index (κ1) is 11.8. The number of ketones is 1. The highest BCUT2D eigenvalue weighted by molar-refractivity contribution is 6.55. The fraction of sp³-hybridized carbons (Fsp3) is 0.583. The number of allylic oxidation sites excluding steroid dienone is 2. The maximum atomic E-state index is 11.7. The maximum Gasteiger partial charge on any atom is 0.496 e. The Balaban J connectivity index is 1.83. The van der Waals surface area contributed by atoms with Crippen molar-refractivity contribution in [3.63, 3.8) is 0 Å². The van der Waals surface area contributed by atoms with Gasteiger partial charge in [0.25, 0.3) is 0 Å². The molecule has 6 heteroatoms. The highest BCUT2D eigenvalue weighted by Crippen LogP contribution is 2.31. The SMILES string of the molecule is CN1C=C(B2OCC(C)(C)O2)C=C2OCC(=O)C21. The zero-order valence-corrected chi connectivity index (χ0v) is 10.8. The number of ether oxygens (including phenoxy) is 1. The van der Waals surface area contributed by atoms with Crippen molar-refractivity contribution < 1.29 is 18.8 Å². The van der Waals surface area contributed by atoms with E-state index < -0.39 is 0 Å². The number of hydrogen-bond acceptors (Lipinski definition) is 5. The summed E-state index contributed by atoms with van der Waals surface area (Å²) in [6.45, 7) is 4.70. The van der Waals surface area contributed by atoms with Gasteiger partial charge in [0.2, 0.25) is 0 Å². The van der Waals surface area contributed by atoms with Gasteiger partial charge in [-0.1, -0.05) is 0 Å². The summed E-state index contributed by atoms with van der Waals surface area (Å²) >= 11 is 0. The van der Waals surface area contributed by atoms with Gasteiger partial charge >= 0.3 is 7.12 Å². The fourth-order valence-electron chi connectivity index (χ4n) is 2.46. The monoisotopic (exact) mass is 249 g/mol. The van der Waals surface area contributed by atoms with Crippen molar-refractivity contribution in [2.45, 2.75) is 25.5 Å².